The molecule has 0 aliphatic rings. The molecule has 0 fully saturated rings. The molecule has 0 amide bonds. The average Bonchev–Trinajstić information content (AvgIpc) is 2.27. The van der Waals surface area contributed by atoms with Crippen molar-refractivity contribution < 1.29 is 0 Å². The molecule has 1 unspecified atom stereocenters. The highest BCUT2D eigenvalue weighted by Crippen LogP contribution is 2.27. The van der Waals surface area contributed by atoms with Crippen LogP contribution in [0.5, 0.6) is 0 Å². The van der Waals surface area contributed by atoms with E-state index in [0.717, 1.165) is 5.56 Å². The molecule has 5 heteroatoms. The van der Waals surface area contributed by atoms with Gasteiger partial charge in [-0.15, -0.1) is 0 Å². The van der Waals surface area contributed by atoms with Gasteiger partial charge in [0, 0.05) is 18.0 Å². The van der Waals surface area contributed by atoms with E-state index in [-0.39, 0.29) is 5.54 Å². The van der Waals surface area contributed by atoms with Gasteiger partial charge in [0.25, 0.3) is 0 Å². The molecule has 0 aliphatic carbocycles. The number of hydrogen-bond acceptors (Lipinski definition) is 5. The summed E-state index contributed by atoms with van der Waals surface area (Å²) in [7, 11) is 0. The van der Waals surface area contributed by atoms with Crippen molar-refractivity contribution in [3.05, 3.63) is 30.1 Å². The van der Waals surface area contributed by atoms with E-state index in [0.29, 0.717) is 0 Å². The van der Waals surface area contributed by atoms with Crippen molar-refractivity contribution in [1.82, 2.24) is 4.98 Å². The topological polar surface area (TPSA) is 50.0 Å². The normalized spacial score (nSPS) is 15.3. The van der Waals surface area contributed by atoms with Crippen molar-refractivity contribution in [3.8, 4) is 0 Å². The Balaban J connectivity index is 3.16. The number of aliphatic imine (C=N–C) groups is 1. The zero-order valence-corrected chi connectivity index (χ0v) is 11.3. The van der Waals surface area contributed by atoms with Crippen molar-refractivity contribution in [2.45, 2.75) is 38.9 Å². The van der Waals surface area contributed by atoms with E-state index < -0.39 is 5.66 Å². The van der Waals surface area contributed by atoms with E-state index >= 15 is 0 Å². The lowest BCUT2D eigenvalue weighted by molar-refractivity contribution is 0.439. The first-order chi connectivity index (χ1) is 7.87. The molecule has 0 radical (unpaired) electrons. The van der Waals surface area contributed by atoms with Crippen LogP contribution in [-0.2, 0) is 5.66 Å². The molecule has 1 aromatic heterocycles. The monoisotopic (exact) mass is 248 g/mol. The third kappa shape index (κ3) is 4.13. The van der Waals surface area contributed by atoms with Crippen LogP contribution < -0.4 is 0 Å². The first-order valence-corrected chi connectivity index (χ1v) is 5.72. The third-order valence-electron chi connectivity index (χ3n) is 2.04. The van der Waals surface area contributed by atoms with Gasteiger partial charge in [-0.1, -0.05) is 0 Å². The van der Waals surface area contributed by atoms with Crippen LogP contribution in [0.4, 0.5) is 0 Å². The van der Waals surface area contributed by atoms with Crippen molar-refractivity contribution in [3.63, 3.8) is 0 Å². The van der Waals surface area contributed by atoms with Crippen LogP contribution >= 0.6 is 12.2 Å². The van der Waals surface area contributed by atoms with Gasteiger partial charge in [-0.25, -0.2) is 0 Å². The summed E-state index contributed by atoms with van der Waals surface area (Å²) < 4.78 is 0. The van der Waals surface area contributed by atoms with E-state index in [4.69, 9.17) is 0 Å². The highest BCUT2D eigenvalue weighted by atomic mass is 32.1. The molecular weight excluding hydrogens is 232 g/mol. The largest absolute Gasteiger partial charge is 0.265 e. The summed E-state index contributed by atoms with van der Waals surface area (Å²) in [5, 5.41) is 10.9. The molecule has 0 aliphatic heterocycles. The highest BCUT2D eigenvalue weighted by molar-refractivity contribution is 7.78. The second-order valence-corrected chi connectivity index (χ2v) is 5.01. The van der Waals surface area contributed by atoms with E-state index in [9.17, 15) is 0 Å². The Hall–Kier alpha value is -1.45. The standard InChI is InChI=1S/C12H16N4S/c1-11(2,3)15-16-12(4,14-9-17)10-5-7-13-8-6-10/h5-8H,1-4H3/b16-15+. The number of nitrogens with zero attached hydrogens (tertiary/aromatic N) is 4. The Labute approximate surface area is 107 Å². The fourth-order valence-corrected chi connectivity index (χ4v) is 1.33. The molecule has 0 bridgehead atoms. The predicted molar refractivity (Wildman–Crippen MR) is 71.2 cm³/mol. The van der Waals surface area contributed by atoms with Crippen molar-refractivity contribution in [2.24, 2.45) is 15.2 Å². The molecule has 0 saturated carbocycles. The lowest BCUT2D eigenvalue weighted by Crippen LogP contribution is -2.18. The van der Waals surface area contributed by atoms with Crippen molar-refractivity contribution >= 4 is 17.4 Å². The molecule has 4 nitrogen and oxygen atoms in total. The van der Waals surface area contributed by atoms with Gasteiger partial charge in [0.15, 0.2) is 0 Å². The minimum atomic E-state index is -0.821. The predicted octanol–water partition coefficient (Wildman–Crippen LogP) is 3.61. The molecular formula is C12H16N4S. The molecule has 0 aromatic carbocycles. The Morgan fingerprint density at radius 2 is 1.71 bits per heavy atom. The number of thiocarbonyl (C=S) groups is 1. The van der Waals surface area contributed by atoms with E-state index in [1.54, 1.807) is 12.4 Å². The van der Waals surface area contributed by atoms with Crippen LogP contribution in [0.15, 0.2) is 39.7 Å². The quantitative estimate of drug-likeness (QED) is 0.466. The Bertz CT molecular complexity index is 443. The van der Waals surface area contributed by atoms with Gasteiger partial charge >= 0.3 is 0 Å². The Kier molecular flexibility index (Phi) is 4.21. The number of isothiocyanates is 1. The van der Waals surface area contributed by atoms with Crippen LogP contribution in [0.3, 0.4) is 0 Å². The number of azo groups is 1. The number of rotatable bonds is 3. The zero-order valence-electron chi connectivity index (χ0n) is 10.5. The van der Waals surface area contributed by atoms with Crippen LogP contribution in [0, 0.1) is 0 Å². The maximum absolute atomic E-state index is 4.67. The molecule has 1 atom stereocenters. The SMILES string of the molecule is CC(C)(C)/N=N/C(C)(N=C=S)c1ccncc1. The summed E-state index contributed by atoms with van der Waals surface area (Å²) in [5.41, 5.74) is -0.179. The van der Waals surface area contributed by atoms with Gasteiger partial charge in [-0.05, 0) is 52.0 Å². The molecule has 1 rings (SSSR count). The Morgan fingerprint density at radius 1 is 1.12 bits per heavy atom. The van der Waals surface area contributed by atoms with Gasteiger partial charge < -0.3 is 0 Å². The molecule has 17 heavy (non-hydrogen) atoms. The zero-order chi connectivity index (χ0) is 12.9. The molecule has 0 N–H and O–H groups in total. The maximum atomic E-state index is 4.67. The summed E-state index contributed by atoms with van der Waals surface area (Å²) in [6, 6.07) is 3.69. The molecule has 90 valence electrons. The summed E-state index contributed by atoms with van der Waals surface area (Å²) in [6.45, 7) is 7.77. The second-order valence-electron chi connectivity index (χ2n) is 4.83. The lowest BCUT2D eigenvalue weighted by Gasteiger charge is -2.20. The number of pyridine rings is 1. The lowest BCUT2D eigenvalue weighted by atomic mass is 10.1. The minimum Gasteiger partial charge on any atom is -0.265 e. The minimum absolute atomic E-state index is 0.245. The summed E-state index contributed by atoms with van der Waals surface area (Å²) in [4.78, 5) is 8.07. The second kappa shape index (κ2) is 5.25. The number of hydrogen-bond donors (Lipinski definition) is 0. The smallest absolute Gasteiger partial charge is 0.202 e. The summed E-state index contributed by atoms with van der Waals surface area (Å²) in [5.74, 6) is 0. The summed E-state index contributed by atoms with van der Waals surface area (Å²) in [6.07, 6.45) is 3.39. The van der Waals surface area contributed by atoms with E-state index in [1.165, 1.54) is 0 Å². The van der Waals surface area contributed by atoms with Crippen LogP contribution in [-0.4, -0.2) is 15.7 Å². The van der Waals surface area contributed by atoms with Gasteiger partial charge in [0.1, 0.15) is 0 Å². The van der Waals surface area contributed by atoms with Crippen LogP contribution in [0.25, 0.3) is 0 Å². The van der Waals surface area contributed by atoms with E-state index in [1.807, 2.05) is 39.8 Å². The van der Waals surface area contributed by atoms with Gasteiger partial charge in [0.05, 0.1) is 10.7 Å². The highest BCUT2D eigenvalue weighted by Gasteiger charge is 2.26. The molecule has 0 saturated heterocycles. The first kappa shape index (κ1) is 13.6. The van der Waals surface area contributed by atoms with E-state index in [2.05, 4.69) is 37.6 Å². The molecule has 1 aromatic rings. The third-order valence-corrected chi connectivity index (χ3v) is 2.13. The maximum Gasteiger partial charge on any atom is 0.202 e. The van der Waals surface area contributed by atoms with Gasteiger partial charge in [-0.3, -0.25) is 4.98 Å². The van der Waals surface area contributed by atoms with Gasteiger partial charge in [-0.2, -0.15) is 15.2 Å². The number of aromatic nitrogens is 1. The van der Waals surface area contributed by atoms with Crippen molar-refractivity contribution in [2.75, 3.05) is 0 Å². The van der Waals surface area contributed by atoms with Crippen molar-refractivity contribution in [1.29, 1.82) is 0 Å². The van der Waals surface area contributed by atoms with Crippen LogP contribution in [0.1, 0.15) is 33.3 Å². The fraction of sp³-hybridized carbons (Fsp3) is 0.500. The fourth-order valence-electron chi connectivity index (χ4n) is 1.15. The molecule has 1 heterocycles. The average molecular weight is 248 g/mol. The van der Waals surface area contributed by atoms with Crippen LogP contribution in [0.2, 0.25) is 0 Å². The van der Waals surface area contributed by atoms with Gasteiger partial charge in [0.2, 0.25) is 5.66 Å². The first-order valence-electron chi connectivity index (χ1n) is 5.31. The molecule has 0 spiro atoms. The summed E-state index contributed by atoms with van der Waals surface area (Å²) >= 11 is 4.67. The Morgan fingerprint density at radius 3 is 2.18 bits per heavy atom.